The number of nitrogens with one attached hydrogen (secondary N) is 1. The van der Waals surface area contributed by atoms with Crippen LogP contribution in [0.3, 0.4) is 0 Å². The highest BCUT2D eigenvalue weighted by Gasteiger charge is 2.31. The summed E-state index contributed by atoms with van der Waals surface area (Å²) in [6.07, 6.45) is -4.17. The molecule has 0 saturated carbocycles. The molecule has 0 saturated heterocycles. The van der Waals surface area contributed by atoms with Crippen LogP contribution in [-0.2, 0) is 12.7 Å². The molecule has 0 aliphatic heterocycles. The highest BCUT2D eigenvalue weighted by molar-refractivity contribution is 5.91. The molecule has 3 rings (SSSR count). The number of hydrogen-bond donors (Lipinski definition) is 1. The lowest BCUT2D eigenvalue weighted by atomic mass is 10.2. The first-order valence-electron chi connectivity index (χ1n) is 9.99. The summed E-state index contributed by atoms with van der Waals surface area (Å²) in [4.78, 5) is 38.7. The van der Waals surface area contributed by atoms with E-state index in [4.69, 9.17) is 0 Å². The summed E-state index contributed by atoms with van der Waals surface area (Å²) in [5.41, 5.74) is -4.30. The average molecular weight is 464 g/mol. The standard InChI is InChI=1S/C22H20F4N4O3/c1-3-13(2)27-19(31)18-20(32)29(12-14-7-4-5-10-17(14)23)21(33)30(28-18)16-9-6-8-15(11-16)22(24,25)26/h4-11,13H,3,12H2,1-2H3,(H,27,31). The molecule has 1 aromatic heterocycles. The van der Waals surface area contributed by atoms with Crippen molar-refractivity contribution in [3.8, 4) is 5.69 Å². The van der Waals surface area contributed by atoms with Gasteiger partial charge in [0, 0.05) is 11.6 Å². The van der Waals surface area contributed by atoms with Crippen LogP contribution >= 0.6 is 0 Å². The molecule has 1 N–H and O–H groups in total. The van der Waals surface area contributed by atoms with Crippen molar-refractivity contribution >= 4 is 5.91 Å². The minimum Gasteiger partial charge on any atom is -0.348 e. The Labute approximate surface area is 185 Å². The van der Waals surface area contributed by atoms with Gasteiger partial charge in [0.1, 0.15) is 5.82 Å². The molecule has 0 fully saturated rings. The van der Waals surface area contributed by atoms with Gasteiger partial charge in [0.05, 0.1) is 17.8 Å². The Morgan fingerprint density at radius 3 is 2.45 bits per heavy atom. The fourth-order valence-corrected chi connectivity index (χ4v) is 2.97. The van der Waals surface area contributed by atoms with E-state index in [1.165, 1.54) is 24.3 Å². The number of hydrogen-bond acceptors (Lipinski definition) is 4. The third kappa shape index (κ3) is 5.18. The monoisotopic (exact) mass is 464 g/mol. The number of nitrogens with zero attached hydrogens (tertiary/aromatic N) is 3. The lowest BCUT2D eigenvalue weighted by molar-refractivity contribution is -0.137. The lowest BCUT2D eigenvalue weighted by Gasteiger charge is -2.15. The van der Waals surface area contributed by atoms with Gasteiger partial charge in [0.2, 0.25) is 5.69 Å². The van der Waals surface area contributed by atoms with E-state index in [2.05, 4.69) is 10.4 Å². The predicted octanol–water partition coefficient (Wildman–Crippen LogP) is 3.13. The number of benzene rings is 2. The summed E-state index contributed by atoms with van der Waals surface area (Å²) in [6, 6.07) is 8.76. The minimum atomic E-state index is -4.70. The van der Waals surface area contributed by atoms with Gasteiger partial charge in [-0.25, -0.2) is 9.18 Å². The van der Waals surface area contributed by atoms with E-state index in [-0.39, 0.29) is 17.3 Å². The smallest absolute Gasteiger partial charge is 0.348 e. The van der Waals surface area contributed by atoms with E-state index in [0.717, 1.165) is 18.2 Å². The van der Waals surface area contributed by atoms with Crippen LogP contribution in [0.25, 0.3) is 5.69 Å². The number of carbonyl (C=O) groups is 1. The molecule has 174 valence electrons. The summed E-state index contributed by atoms with van der Waals surface area (Å²) in [7, 11) is 0. The number of rotatable bonds is 6. The highest BCUT2D eigenvalue weighted by Crippen LogP contribution is 2.29. The molecule has 0 spiro atoms. The zero-order valence-corrected chi connectivity index (χ0v) is 17.7. The summed E-state index contributed by atoms with van der Waals surface area (Å²) in [5, 5.41) is 6.31. The Balaban J connectivity index is 2.24. The molecule has 1 heterocycles. The Bertz CT molecular complexity index is 1300. The zero-order valence-electron chi connectivity index (χ0n) is 17.7. The summed E-state index contributed by atoms with van der Waals surface area (Å²) in [6.45, 7) is 2.92. The number of halogens is 4. The van der Waals surface area contributed by atoms with Gasteiger partial charge in [-0.2, -0.15) is 23.0 Å². The van der Waals surface area contributed by atoms with E-state index in [0.29, 0.717) is 21.7 Å². The Hall–Kier alpha value is -3.76. The number of alkyl halides is 3. The van der Waals surface area contributed by atoms with Crippen LogP contribution < -0.4 is 16.6 Å². The molecule has 1 unspecified atom stereocenters. The molecule has 0 aliphatic carbocycles. The van der Waals surface area contributed by atoms with Gasteiger partial charge in [-0.15, -0.1) is 0 Å². The van der Waals surface area contributed by atoms with Crippen LogP contribution in [0, 0.1) is 5.82 Å². The van der Waals surface area contributed by atoms with Crippen molar-refractivity contribution in [2.45, 2.75) is 39.0 Å². The molecule has 0 bridgehead atoms. The predicted molar refractivity (Wildman–Crippen MR) is 112 cm³/mol. The van der Waals surface area contributed by atoms with Crippen LogP contribution in [-0.4, -0.2) is 26.3 Å². The molecule has 2 aromatic carbocycles. The Morgan fingerprint density at radius 2 is 1.82 bits per heavy atom. The van der Waals surface area contributed by atoms with Crippen LogP contribution in [0.1, 0.15) is 41.9 Å². The zero-order chi connectivity index (χ0) is 24.3. The van der Waals surface area contributed by atoms with Gasteiger partial charge in [-0.05, 0) is 37.6 Å². The van der Waals surface area contributed by atoms with E-state index >= 15 is 0 Å². The fraction of sp³-hybridized carbons (Fsp3) is 0.273. The number of amides is 1. The lowest BCUT2D eigenvalue weighted by Crippen LogP contribution is -2.47. The van der Waals surface area contributed by atoms with Crippen LogP contribution in [0.5, 0.6) is 0 Å². The second-order valence-electron chi connectivity index (χ2n) is 7.36. The normalized spacial score (nSPS) is 12.4. The van der Waals surface area contributed by atoms with Gasteiger partial charge < -0.3 is 5.32 Å². The van der Waals surface area contributed by atoms with E-state index in [9.17, 15) is 31.9 Å². The highest BCUT2D eigenvalue weighted by atomic mass is 19.4. The van der Waals surface area contributed by atoms with E-state index in [1.54, 1.807) is 13.8 Å². The van der Waals surface area contributed by atoms with E-state index < -0.39 is 47.0 Å². The molecular formula is C22H20F4N4O3. The van der Waals surface area contributed by atoms with Crippen molar-refractivity contribution in [2.75, 3.05) is 0 Å². The van der Waals surface area contributed by atoms with Gasteiger partial charge in [0.15, 0.2) is 0 Å². The summed E-state index contributed by atoms with van der Waals surface area (Å²) >= 11 is 0. The molecule has 3 aromatic rings. The fourth-order valence-electron chi connectivity index (χ4n) is 2.97. The maximum atomic E-state index is 14.2. The Morgan fingerprint density at radius 1 is 1.12 bits per heavy atom. The van der Waals surface area contributed by atoms with Crippen molar-refractivity contribution in [3.05, 3.63) is 92.0 Å². The van der Waals surface area contributed by atoms with Gasteiger partial charge in [-0.3, -0.25) is 14.2 Å². The molecule has 1 amide bonds. The average Bonchev–Trinajstić information content (AvgIpc) is 2.77. The van der Waals surface area contributed by atoms with Crippen LogP contribution in [0.2, 0.25) is 0 Å². The number of carbonyl (C=O) groups excluding carboxylic acids is 1. The van der Waals surface area contributed by atoms with Crippen molar-refractivity contribution in [1.29, 1.82) is 0 Å². The second kappa shape index (κ2) is 9.39. The van der Waals surface area contributed by atoms with Crippen LogP contribution in [0.4, 0.5) is 17.6 Å². The quantitative estimate of drug-likeness (QED) is 0.568. The molecule has 1 atom stereocenters. The molecule has 7 nitrogen and oxygen atoms in total. The SMILES string of the molecule is CCC(C)NC(=O)c1nn(-c2cccc(C(F)(F)F)c2)c(=O)n(Cc2ccccc2F)c1=O. The summed E-state index contributed by atoms with van der Waals surface area (Å²) < 4.78 is 54.8. The molecular weight excluding hydrogens is 444 g/mol. The largest absolute Gasteiger partial charge is 0.416 e. The molecule has 33 heavy (non-hydrogen) atoms. The van der Waals surface area contributed by atoms with Gasteiger partial charge in [0.25, 0.3) is 11.5 Å². The molecule has 0 radical (unpaired) electrons. The topological polar surface area (TPSA) is 86.0 Å². The van der Waals surface area contributed by atoms with Crippen molar-refractivity contribution in [2.24, 2.45) is 0 Å². The first kappa shape index (κ1) is 23.9. The van der Waals surface area contributed by atoms with Gasteiger partial charge in [-0.1, -0.05) is 31.2 Å². The van der Waals surface area contributed by atoms with Crippen molar-refractivity contribution < 1.29 is 22.4 Å². The number of aromatic nitrogens is 3. The minimum absolute atomic E-state index is 0.0215. The summed E-state index contributed by atoms with van der Waals surface area (Å²) in [5.74, 6) is -1.60. The third-order valence-corrected chi connectivity index (χ3v) is 4.97. The Kier molecular flexibility index (Phi) is 6.80. The molecule has 11 heteroatoms. The van der Waals surface area contributed by atoms with Crippen molar-refractivity contribution in [3.63, 3.8) is 0 Å². The van der Waals surface area contributed by atoms with Crippen molar-refractivity contribution in [1.82, 2.24) is 19.7 Å². The first-order valence-corrected chi connectivity index (χ1v) is 9.99. The van der Waals surface area contributed by atoms with Gasteiger partial charge >= 0.3 is 11.9 Å². The second-order valence-corrected chi connectivity index (χ2v) is 7.36. The maximum absolute atomic E-state index is 14.2. The third-order valence-electron chi connectivity index (χ3n) is 4.97. The van der Waals surface area contributed by atoms with E-state index in [1.807, 2.05) is 0 Å². The molecule has 0 aliphatic rings. The first-order chi connectivity index (χ1) is 15.5. The maximum Gasteiger partial charge on any atom is 0.416 e. The van der Waals surface area contributed by atoms with Crippen LogP contribution in [0.15, 0.2) is 58.1 Å².